The van der Waals surface area contributed by atoms with Gasteiger partial charge in [0.1, 0.15) is 0 Å². The van der Waals surface area contributed by atoms with Gasteiger partial charge in [-0.25, -0.2) is 0 Å². The minimum absolute atomic E-state index is 0.761. The Morgan fingerprint density at radius 3 is 2.93 bits per heavy atom. The Labute approximate surface area is 99.5 Å². The van der Waals surface area contributed by atoms with Crippen LogP contribution in [0.5, 0.6) is 0 Å². The van der Waals surface area contributed by atoms with Crippen molar-refractivity contribution in [2.45, 2.75) is 25.7 Å². The summed E-state index contributed by atoms with van der Waals surface area (Å²) in [5.74, 6) is 0. The molecule has 0 saturated carbocycles. The highest BCUT2D eigenvalue weighted by atomic mass is 79.9. The normalized spacial score (nSPS) is 17.9. The smallest absolute Gasteiger partial charge is 0.0178 e. The van der Waals surface area contributed by atoms with Gasteiger partial charge in [0.25, 0.3) is 0 Å². The molecule has 2 rings (SSSR count). The molecule has 2 heteroatoms. The van der Waals surface area contributed by atoms with Crippen LogP contribution in [0.1, 0.15) is 24.0 Å². The van der Waals surface area contributed by atoms with E-state index in [-0.39, 0.29) is 0 Å². The number of halogens is 1. The van der Waals surface area contributed by atoms with E-state index in [0.717, 1.165) is 19.4 Å². The maximum atomic E-state index is 5.51. The summed E-state index contributed by atoms with van der Waals surface area (Å²) in [7, 11) is 0. The number of rotatable bonds is 2. The number of fused-ring (bicyclic) bond motifs is 1. The number of aryl methyl sites for hydroxylation is 1. The van der Waals surface area contributed by atoms with Gasteiger partial charge >= 0.3 is 0 Å². The highest BCUT2D eigenvalue weighted by molar-refractivity contribution is 9.10. The third-order valence-electron chi connectivity index (χ3n) is 2.90. The van der Waals surface area contributed by atoms with E-state index in [2.05, 4.69) is 40.2 Å². The fraction of sp³-hybridized carbons (Fsp3) is 0.385. The van der Waals surface area contributed by atoms with E-state index in [4.69, 9.17) is 5.73 Å². The molecule has 1 nitrogen and oxygen atoms in total. The number of nitrogens with two attached hydrogens (primary N) is 1. The lowest BCUT2D eigenvalue weighted by Gasteiger charge is -2.18. The Morgan fingerprint density at radius 2 is 2.13 bits per heavy atom. The number of allylic oxidation sites excluding steroid dienone is 1. The molecule has 1 aliphatic rings. The molecule has 15 heavy (non-hydrogen) atoms. The first-order chi connectivity index (χ1) is 7.29. The summed E-state index contributed by atoms with van der Waals surface area (Å²) in [6.45, 7) is 0.761. The summed E-state index contributed by atoms with van der Waals surface area (Å²) < 4.78 is 1.19. The molecular formula is C13H16BrN. The van der Waals surface area contributed by atoms with Gasteiger partial charge in [0, 0.05) is 4.47 Å². The Bertz CT molecular complexity index is 382. The van der Waals surface area contributed by atoms with Crippen molar-refractivity contribution in [3.05, 3.63) is 45.4 Å². The van der Waals surface area contributed by atoms with Crippen molar-refractivity contribution in [1.82, 2.24) is 0 Å². The largest absolute Gasteiger partial charge is 0.330 e. The standard InChI is InChI=1S/C13H16BrN/c14-13-6-5-11-8-10(2-1-7-15)3-4-12(11)9-13/h2,5-6,9H,1,3-4,7-8,15H2. The molecule has 0 aromatic heterocycles. The molecule has 0 saturated heterocycles. The molecule has 0 atom stereocenters. The highest BCUT2D eigenvalue weighted by Gasteiger charge is 2.12. The lowest BCUT2D eigenvalue weighted by molar-refractivity contribution is 0.821. The SMILES string of the molecule is NCCC=C1CCc2cc(Br)ccc2C1. The summed E-state index contributed by atoms with van der Waals surface area (Å²) in [5, 5.41) is 0. The lowest BCUT2D eigenvalue weighted by atomic mass is 9.88. The monoisotopic (exact) mass is 265 g/mol. The molecule has 80 valence electrons. The zero-order valence-corrected chi connectivity index (χ0v) is 10.4. The maximum Gasteiger partial charge on any atom is 0.0178 e. The van der Waals surface area contributed by atoms with Crippen LogP contribution in [0.3, 0.4) is 0 Å². The van der Waals surface area contributed by atoms with Gasteiger partial charge in [-0.05, 0) is 55.5 Å². The van der Waals surface area contributed by atoms with Gasteiger partial charge in [-0.3, -0.25) is 0 Å². The van der Waals surface area contributed by atoms with Crippen LogP contribution in [-0.4, -0.2) is 6.54 Å². The van der Waals surface area contributed by atoms with E-state index < -0.39 is 0 Å². The molecule has 0 fully saturated rings. The van der Waals surface area contributed by atoms with Gasteiger partial charge in [0.15, 0.2) is 0 Å². The first kappa shape index (κ1) is 10.9. The Kier molecular flexibility index (Phi) is 3.60. The first-order valence-electron chi connectivity index (χ1n) is 5.45. The van der Waals surface area contributed by atoms with E-state index in [1.807, 2.05) is 0 Å². The van der Waals surface area contributed by atoms with E-state index >= 15 is 0 Å². The van der Waals surface area contributed by atoms with Crippen LogP contribution in [-0.2, 0) is 12.8 Å². The van der Waals surface area contributed by atoms with Gasteiger partial charge in [0.05, 0.1) is 0 Å². The van der Waals surface area contributed by atoms with Gasteiger partial charge < -0.3 is 5.73 Å². The fourth-order valence-corrected chi connectivity index (χ4v) is 2.50. The summed E-state index contributed by atoms with van der Waals surface area (Å²) >= 11 is 3.52. The summed E-state index contributed by atoms with van der Waals surface area (Å²) in [5.41, 5.74) is 10.0. The minimum atomic E-state index is 0.761. The van der Waals surface area contributed by atoms with Crippen LogP contribution >= 0.6 is 15.9 Å². The Hall–Kier alpha value is -0.600. The van der Waals surface area contributed by atoms with Crippen LogP contribution in [0.15, 0.2) is 34.3 Å². The fourth-order valence-electron chi connectivity index (χ4n) is 2.09. The topological polar surface area (TPSA) is 26.0 Å². The van der Waals surface area contributed by atoms with Gasteiger partial charge in [0.2, 0.25) is 0 Å². The molecule has 0 bridgehead atoms. The summed E-state index contributed by atoms with van der Waals surface area (Å²) in [4.78, 5) is 0. The van der Waals surface area contributed by atoms with Crippen molar-refractivity contribution in [2.24, 2.45) is 5.73 Å². The van der Waals surface area contributed by atoms with Crippen LogP contribution in [0.4, 0.5) is 0 Å². The molecule has 1 aliphatic carbocycles. The van der Waals surface area contributed by atoms with Gasteiger partial charge in [-0.2, -0.15) is 0 Å². The Balaban J connectivity index is 2.16. The van der Waals surface area contributed by atoms with Crippen LogP contribution in [0, 0.1) is 0 Å². The average molecular weight is 266 g/mol. The number of hydrogen-bond donors (Lipinski definition) is 1. The second-order valence-corrected chi connectivity index (χ2v) is 4.95. The maximum absolute atomic E-state index is 5.51. The van der Waals surface area contributed by atoms with Crippen molar-refractivity contribution in [1.29, 1.82) is 0 Å². The first-order valence-corrected chi connectivity index (χ1v) is 6.24. The molecule has 0 aliphatic heterocycles. The number of benzene rings is 1. The van der Waals surface area contributed by atoms with E-state index in [0.29, 0.717) is 0 Å². The van der Waals surface area contributed by atoms with Crippen molar-refractivity contribution in [2.75, 3.05) is 6.54 Å². The minimum Gasteiger partial charge on any atom is -0.330 e. The zero-order chi connectivity index (χ0) is 10.7. The number of hydrogen-bond acceptors (Lipinski definition) is 1. The zero-order valence-electron chi connectivity index (χ0n) is 8.80. The lowest BCUT2D eigenvalue weighted by Crippen LogP contribution is -2.06. The van der Waals surface area contributed by atoms with E-state index in [9.17, 15) is 0 Å². The third-order valence-corrected chi connectivity index (χ3v) is 3.39. The molecule has 0 heterocycles. The predicted molar refractivity (Wildman–Crippen MR) is 67.9 cm³/mol. The van der Waals surface area contributed by atoms with E-state index in [1.54, 1.807) is 5.57 Å². The van der Waals surface area contributed by atoms with Crippen molar-refractivity contribution < 1.29 is 0 Å². The molecule has 1 aromatic carbocycles. The van der Waals surface area contributed by atoms with Crippen molar-refractivity contribution >= 4 is 15.9 Å². The highest BCUT2D eigenvalue weighted by Crippen LogP contribution is 2.27. The molecule has 0 spiro atoms. The summed E-state index contributed by atoms with van der Waals surface area (Å²) in [6, 6.07) is 6.61. The average Bonchev–Trinajstić information content (AvgIpc) is 2.26. The summed E-state index contributed by atoms with van der Waals surface area (Å²) in [6.07, 6.45) is 6.81. The molecule has 0 unspecified atom stereocenters. The van der Waals surface area contributed by atoms with Gasteiger partial charge in [-0.15, -0.1) is 0 Å². The molecule has 0 radical (unpaired) electrons. The van der Waals surface area contributed by atoms with Gasteiger partial charge in [-0.1, -0.05) is 33.6 Å². The van der Waals surface area contributed by atoms with Crippen LogP contribution in [0.2, 0.25) is 0 Å². The molecule has 0 amide bonds. The second kappa shape index (κ2) is 4.95. The third kappa shape index (κ3) is 2.70. The van der Waals surface area contributed by atoms with Crippen LogP contribution < -0.4 is 5.73 Å². The van der Waals surface area contributed by atoms with Crippen molar-refractivity contribution in [3.8, 4) is 0 Å². The predicted octanol–water partition coefficient (Wildman–Crippen LogP) is 3.21. The molecule has 2 N–H and O–H groups in total. The quantitative estimate of drug-likeness (QED) is 0.817. The molecule has 1 aromatic rings. The molecular weight excluding hydrogens is 250 g/mol. The second-order valence-electron chi connectivity index (χ2n) is 4.03. The van der Waals surface area contributed by atoms with E-state index in [1.165, 1.54) is 28.4 Å². The van der Waals surface area contributed by atoms with Crippen LogP contribution in [0.25, 0.3) is 0 Å². The Morgan fingerprint density at radius 1 is 1.27 bits per heavy atom. The van der Waals surface area contributed by atoms with Crippen molar-refractivity contribution in [3.63, 3.8) is 0 Å².